The van der Waals surface area contributed by atoms with Gasteiger partial charge in [0.25, 0.3) is 11.8 Å². The number of amides is 2. The van der Waals surface area contributed by atoms with Crippen LogP contribution in [0.3, 0.4) is 0 Å². The summed E-state index contributed by atoms with van der Waals surface area (Å²) < 4.78 is 6.17. The van der Waals surface area contributed by atoms with Gasteiger partial charge >= 0.3 is 0 Å². The van der Waals surface area contributed by atoms with Crippen LogP contribution in [-0.4, -0.2) is 76.0 Å². The SMILES string of the molecule is CN(C)C(=O)C1(Cc2ccccc2-c2ccncc2)CN(C(=O)c2cnccn2)CCO1. The summed E-state index contributed by atoms with van der Waals surface area (Å²) in [4.78, 5) is 41.8. The third-order valence-corrected chi connectivity index (χ3v) is 5.54. The molecule has 0 saturated carbocycles. The molecule has 3 aromatic rings. The summed E-state index contributed by atoms with van der Waals surface area (Å²) in [6, 6.07) is 11.8. The van der Waals surface area contributed by atoms with Crippen molar-refractivity contribution in [3.05, 3.63) is 78.6 Å². The molecule has 0 aliphatic carbocycles. The van der Waals surface area contributed by atoms with Crippen LogP contribution in [0.25, 0.3) is 11.1 Å². The minimum Gasteiger partial charge on any atom is -0.361 e. The highest BCUT2D eigenvalue weighted by atomic mass is 16.5. The first-order chi connectivity index (χ1) is 15.5. The maximum atomic E-state index is 13.4. The first-order valence-electron chi connectivity index (χ1n) is 10.4. The molecule has 1 atom stereocenters. The zero-order valence-electron chi connectivity index (χ0n) is 18.1. The molecule has 32 heavy (non-hydrogen) atoms. The van der Waals surface area contributed by atoms with Gasteiger partial charge in [0.05, 0.1) is 19.3 Å². The van der Waals surface area contributed by atoms with Gasteiger partial charge in [0.15, 0.2) is 5.60 Å². The van der Waals surface area contributed by atoms with Gasteiger partial charge in [-0.3, -0.25) is 19.6 Å². The molecule has 0 N–H and O–H groups in total. The Kier molecular flexibility index (Phi) is 6.23. The second-order valence-electron chi connectivity index (χ2n) is 7.93. The highest BCUT2D eigenvalue weighted by molar-refractivity contribution is 5.93. The smallest absolute Gasteiger partial charge is 0.274 e. The predicted octanol–water partition coefficient (Wildman–Crippen LogP) is 2.08. The summed E-state index contributed by atoms with van der Waals surface area (Å²) >= 11 is 0. The van der Waals surface area contributed by atoms with Crippen LogP contribution in [0, 0.1) is 0 Å². The van der Waals surface area contributed by atoms with Gasteiger partial charge in [-0.15, -0.1) is 0 Å². The maximum Gasteiger partial charge on any atom is 0.274 e. The third-order valence-electron chi connectivity index (χ3n) is 5.54. The Morgan fingerprint density at radius 1 is 1.06 bits per heavy atom. The number of carbonyl (C=O) groups excluding carboxylic acids is 2. The average molecular weight is 431 g/mol. The van der Waals surface area contributed by atoms with Crippen LogP contribution >= 0.6 is 0 Å². The minimum atomic E-state index is -1.21. The van der Waals surface area contributed by atoms with Crippen LogP contribution < -0.4 is 0 Å². The predicted molar refractivity (Wildman–Crippen MR) is 119 cm³/mol. The molecule has 1 aliphatic heterocycles. The van der Waals surface area contributed by atoms with Crippen LogP contribution in [0.15, 0.2) is 67.4 Å². The Morgan fingerprint density at radius 3 is 2.56 bits per heavy atom. The van der Waals surface area contributed by atoms with Crippen molar-refractivity contribution in [1.29, 1.82) is 0 Å². The fraction of sp³-hybridized carbons (Fsp3) is 0.292. The number of benzene rings is 1. The van der Waals surface area contributed by atoms with Crippen LogP contribution in [0.2, 0.25) is 0 Å². The highest BCUT2D eigenvalue weighted by Gasteiger charge is 2.46. The molecule has 1 fully saturated rings. The van der Waals surface area contributed by atoms with E-state index in [4.69, 9.17) is 4.74 Å². The van der Waals surface area contributed by atoms with Gasteiger partial charge in [0.2, 0.25) is 0 Å². The summed E-state index contributed by atoms with van der Waals surface area (Å²) in [6.45, 7) is 0.761. The summed E-state index contributed by atoms with van der Waals surface area (Å²) in [6.07, 6.45) is 8.25. The Balaban J connectivity index is 1.70. The monoisotopic (exact) mass is 431 g/mol. The van der Waals surface area contributed by atoms with E-state index in [2.05, 4.69) is 15.0 Å². The molecule has 1 saturated heterocycles. The van der Waals surface area contributed by atoms with Crippen molar-refractivity contribution in [2.75, 3.05) is 33.8 Å². The molecule has 1 unspecified atom stereocenters. The van der Waals surface area contributed by atoms with Crippen molar-refractivity contribution in [2.45, 2.75) is 12.0 Å². The van der Waals surface area contributed by atoms with Crippen molar-refractivity contribution in [3.8, 4) is 11.1 Å². The zero-order valence-corrected chi connectivity index (χ0v) is 18.1. The molecule has 0 bridgehead atoms. The Morgan fingerprint density at radius 2 is 1.84 bits per heavy atom. The molecule has 8 heteroatoms. The van der Waals surface area contributed by atoms with Crippen molar-refractivity contribution < 1.29 is 14.3 Å². The summed E-state index contributed by atoms with van der Waals surface area (Å²) in [5, 5.41) is 0. The first-order valence-corrected chi connectivity index (χ1v) is 10.4. The Labute approximate surface area is 186 Å². The number of nitrogens with zero attached hydrogens (tertiary/aromatic N) is 5. The van der Waals surface area contributed by atoms with Crippen LogP contribution in [-0.2, 0) is 16.0 Å². The number of aromatic nitrogens is 3. The van der Waals surface area contributed by atoms with E-state index < -0.39 is 5.60 Å². The van der Waals surface area contributed by atoms with Crippen LogP contribution in [0.5, 0.6) is 0 Å². The van der Waals surface area contributed by atoms with Gasteiger partial charge in [-0.2, -0.15) is 0 Å². The van der Waals surface area contributed by atoms with E-state index in [1.54, 1.807) is 31.4 Å². The van der Waals surface area contributed by atoms with Crippen molar-refractivity contribution >= 4 is 11.8 Å². The number of pyridine rings is 1. The molecule has 1 aromatic carbocycles. The molecular formula is C24H25N5O3. The topological polar surface area (TPSA) is 88.5 Å². The molecule has 8 nitrogen and oxygen atoms in total. The van der Waals surface area contributed by atoms with Crippen molar-refractivity contribution in [3.63, 3.8) is 0 Å². The Bertz CT molecular complexity index is 1090. The normalized spacial score (nSPS) is 18.2. The van der Waals surface area contributed by atoms with Gasteiger partial charge < -0.3 is 14.5 Å². The summed E-state index contributed by atoms with van der Waals surface area (Å²) in [7, 11) is 3.40. The fourth-order valence-corrected chi connectivity index (χ4v) is 4.04. The lowest BCUT2D eigenvalue weighted by Gasteiger charge is -2.43. The number of rotatable bonds is 5. The number of hydrogen-bond donors (Lipinski definition) is 0. The van der Waals surface area contributed by atoms with Crippen molar-refractivity contribution in [1.82, 2.24) is 24.8 Å². The average Bonchev–Trinajstić information content (AvgIpc) is 2.84. The van der Waals surface area contributed by atoms with Gasteiger partial charge in [0, 0.05) is 51.8 Å². The van der Waals surface area contributed by atoms with Crippen molar-refractivity contribution in [2.24, 2.45) is 0 Å². The molecule has 3 heterocycles. The standard InChI is InChI=1S/C24H25N5O3/c1-28(2)23(31)24(15-19-5-3-4-6-20(19)18-7-9-25-10-8-18)17-29(13-14-32-24)22(30)21-16-26-11-12-27-21/h3-12,16H,13-15,17H2,1-2H3. The van der Waals surface area contributed by atoms with E-state index in [0.717, 1.165) is 16.7 Å². The summed E-state index contributed by atoms with van der Waals surface area (Å²) in [5.41, 5.74) is 2.01. The van der Waals surface area contributed by atoms with E-state index in [0.29, 0.717) is 13.0 Å². The quantitative estimate of drug-likeness (QED) is 0.615. The van der Waals surface area contributed by atoms with E-state index in [-0.39, 0.29) is 30.7 Å². The number of ether oxygens (including phenoxy) is 1. The molecule has 1 aliphatic rings. The lowest BCUT2D eigenvalue weighted by molar-refractivity contribution is -0.165. The molecular weight excluding hydrogens is 406 g/mol. The second-order valence-corrected chi connectivity index (χ2v) is 7.93. The lowest BCUT2D eigenvalue weighted by Crippen LogP contribution is -2.61. The molecule has 2 amide bonds. The molecule has 164 valence electrons. The number of hydrogen-bond acceptors (Lipinski definition) is 6. The fourth-order valence-electron chi connectivity index (χ4n) is 4.04. The maximum absolute atomic E-state index is 13.4. The van der Waals surface area contributed by atoms with Crippen LogP contribution in [0.4, 0.5) is 0 Å². The van der Waals surface area contributed by atoms with E-state index in [1.165, 1.54) is 23.5 Å². The molecule has 2 aromatic heterocycles. The molecule has 0 radical (unpaired) electrons. The van der Waals surface area contributed by atoms with E-state index in [1.807, 2.05) is 36.4 Å². The molecule has 0 spiro atoms. The second kappa shape index (κ2) is 9.23. The van der Waals surface area contributed by atoms with Gasteiger partial charge in [-0.25, -0.2) is 4.98 Å². The van der Waals surface area contributed by atoms with Gasteiger partial charge in [-0.05, 0) is 28.8 Å². The number of morpholine rings is 1. The highest BCUT2D eigenvalue weighted by Crippen LogP contribution is 2.31. The third kappa shape index (κ3) is 4.36. The first kappa shape index (κ1) is 21.6. The summed E-state index contributed by atoms with van der Waals surface area (Å²) in [5.74, 6) is -0.446. The van der Waals surface area contributed by atoms with Crippen LogP contribution in [0.1, 0.15) is 16.1 Å². The van der Waals surface area contributed by atoms with E-state index >= 15 is 0 Å². The largest absolute Gasteiger partial charge is 0.361 e. The lowest BCUT2D eigenvalue weighted by atomic mass is 9.87. The Hall–Kier alpha value is -3.65. The van der Waals surface area contributed by atoms with Gasteiger partial charge in [0.1, 0.15) is 5.69 Å². The minimum absolute atomic E-state index is 0.129. The number of carbonyl (C=O) groups is 2. The van der Waals surface area contributed by atoms with E-state index in [9.17, 15) is 9.59 Å². The number of likely N-dealkylation sites (N-methyl/N-ethyl adjacent to an activating group) is 1. The molecule has 4 rings (SSSR count). The zero-order chi connectivity index (χ0) is 22.6. The van der Waals surface area contributed by atoms with Gasteiger partial charge in [-0.1, -0.05) is 24.3 Å².